The monoisotopic (exact) mass is 493 g/mol. The number of ether oxygens (including phenoxy) is 1. The normalized spacial score (nSPS) is 10.8. The molecule has 0 bridgehead atoms. The second-order valence-electron chi connectivity index (χ2n) is 8.93. The summed E-state index contributed by atoms with van der Waals surface area (Å²) >= 11 is 0. The first-order valence-electron chi connectivity index (χ1n) is 12.6. The van der Waals surface area contributed by atoms with Crippen LogP contribution in [-0.2, 0) is 0 Å². The zero-order valence-corrected chi connectivity index (χ0v) is 21.1. The summed E-state index contributed by atoms with van der Waals surface area (Å²) in [6.07, 6.45) is 0. The number of imidazole rings is 1. The molecular formula is C34H27N3O. The van der Waals surface area contributed by atoms with E-state index >= 15 is 0 Å². The summed E-state index contributed by atoms with van der Waals surface area (Å²) in [6, 6.07) is 47.5. The number of para-hydroxylation sites is 2. The Hall–Kier alpha value is -5.09. The molecule has 1 aromatic heterocycles. The SMILES string of the molecule is COc1cc(N(c2ccccc2)c2ccccc2)ccc1-c1nc(-c2ccccc2)c(-c2ccccc2)[nH]1. The second-order valence-corrected chi connectivity index (χ2v) is 8.93. The van der Waals surface area contributed by atoms with Gasteiger partial charge >= 0.3 is 0 Å². The average molecular weight is 494 g/mol. The first-order valence-corrected chi connectivity index (χ1v) is 12.6. The highest BCUT2D eigenvalue weighted by molar-refractivity contribution is 5.84. The number of anilines is 3. The molecule has 38 heavy (non-hydrogen) atoms. The third kappa shape index (κ3) is 4.56. The van der Waals surface area contributed by atoms with Crippen molar-refractivity contribution in [2.75, 3.05) is 12.0 Å². The van der Waals surface area contributed by atoms with Crippen molar-refractivity contribution in [2.45, 2.75) is 0 Å². The molecule has 1 heterocycles. The molecule has 4 heteroatoms. The second kappa shape index (κ2) is 10.5. The van der Waals surface area contributed by atoms with Gasteiger partial charge in [-0.3, -0.25) is 0 Å². The molecule has 184 valence electrons. The van der Waals surface area contributed by atoms with E-state index in [-0.39, 0.29) is 0 Å². The van der Waals surface area contributed by atoms with Gasteiger partial charge in [0.2, 0.25) is 0 Å². The smallest absolute Gasteiger partial charge is 0.142 e. The van der Waals surface area contributed by atoms with Crippen LogP contribution in [0.15, 0.2) is 140 Å². The molecule has 4 nitrogen and oxygen atoms in total. The van der Waals surface area contributed by atoms with Crippen molar-refractivity contribution in [3.63, 3.8) is 0 Å². The van der Waals surface area contributed by atoms with Crippen LogP contribution in [0.5, 0.6) is 5.75 Å². The van der Waals surface area contributed by atoms with Gasteiger partial charge in [-0.15, -0.1) is 0 Å². The Balaban J connectivity index is 1.48. The van der Waals surface area contributed by atoms with Crippen molar-refractivity contribution >= 4 is 17.1 Å². The summed E-state index contributed by atoms with van der Waals surface area (Å²) in [5.74, 6) is 1.50. The number of methoxy groups -OCH3 is 1. The number of benzene rings is 5. The lowest BCUT2D eigenvalue weighted by Gasteiger charge is -2.26. The molecule has 6 aromatic rings. The molecule has 5 aromatic carbocycles. The molecule has 0 radical (unpaired) electrons. The molecule has 0 aliphatic heterocycles. The Morgan fingerprint density at radius 2 is 1.11 bits per heavy atom. The molecule has 0 saturated heterocycles. The first-order chi connectivity index (χ1) is 18.8. The molecule has 0 spiro atoms. The number of rotatable bonds is 7. The lowest BCUT2D eigenvalue weighted by molar-refractivity contribution is 0.416. The zero-order valence-electron chi connectivity index (χ0n) is 21.1. The number of aromatic nitrogens is 2. The topological polar surface area (TPSA) is 41.1 Å². The summed E-state index contributed by atoms with van der Waals surface area (Å²) in [6.45, 7) is 0. The number of H-pyrrole nitrogens is 1. The van der Waals surface area contributed by atoms with E-state index in [0.29, 0.717) is 0 Å². The van der Waals surface area contributed by atoms with Crippen molar-refractivity contribution in [1.29, 1.82) is 0 Å². The first kappa shape index (κ1) is 23.3. The van der Waals surface area contributed by atoms with E-state index in [9.17, 15) is 0 Å². The van der Waals surface area contributed by atoms with Crippen molar-refractivity contribution in [3.05, 3.63) is 140 Å². The minimum atomic E-state index is 0.743. The maximum absolute atomic E-state index is 5.94. The van der Waals surface area contributed by atoms with Crippen molar-refractivity contribution in [2.24, 2.45) is 0 Å². The van der Waals surface area contributed by atoms with Gasteiger partial charge in [0.05, 0.1) is 24.1 Å². The predicted octanol–water partition coefficient (Wildman–Crippen LogP) is 8.89. The molecule has 0 fully saturated rings. The Bertz CT molecular complexity index is 1530. The van der Waals surface area contributed by atoms with E-state index < -0.39 is 0 Å². The Labute approximate surface area is 222 Å². The third-order valence-corrected chi connectivity index (χ3v) is 6.54. The molecule has 0 aliphatic rings. The molecule has 0 aliphatic carbocycles. The summed E-state index contributed by atoms with van der Waals surface area (Å²) in [5.41, 5.74) is 8.08. The number of aromatic amines is 1. The Kier molecular flexibility index (Phi) is 6.44. The van der Waals surface area contributed by atoms with Gasteiger partial charge in [0, 0.05) is 34.3 Å². The van der Waals surface area contributed by atoms with Crippen molar-refractivity contribution in [3.8, 4) is 39.7 Å². The van der Waals surface area contributed by atoms with Crippen LogP contribution in [0.3, 0.4) is 0 Å². The van der Waals surface area contributed by atoms with Crippen LogP contribution < -0.4 is 9.64 Å². The highest BCUT2D eigenvalue weighted by atomic mass is 16.5. The van der Waals surface area contributed by atoms with Gasteiger partial charge in [0.15, 0.2) is 0 Å². The maximum atomic E-state index is 5.94. The average Bonchev–Trinajstić information content (AvgIpc) is 3.45. The molecule has 0 saturated carbocycles. The number of hydrogen-bond donors (Lipinski definition) is 1. The zero-order chi connectivity index (χ0) is 25.7. The van der Waals surface area contributed by atoms with Crippen LogP contribution >= 0.6 is 0 Å². The van der Waals surface area contributed by atoms with Crippen molar-refractivity contribution < 1.29 is 4.74 Å². The number of hydrogen-bond acceptors (Lipinski definition) is 3. The van der Waals surface area contributed by atoms with Crippen LogP contribution in [0.25, 0.3) is 33.9 Å². The molecule has 0 unspecified atom stereocenters. The molecule has 6 rings (SSSR count). The van der Waals surface area contributed by atoms with Crippen LogP contribution in [-0.4, -0.2) is 17.1 Å². The van der Waals surface area contributed by atoms with Gasteiger partial charge in [-0.2, -0.15) is 0 Å². The van der Waals surface area contributed by atoms with Gasteiger partial charge < -0.3 is 14.6 Å². The lowest BCUT2D eigenvalue weighted by Crippen LogP contribution is -2.10. The van der Waals surface area contributed by atoms with Gasteiger partial charge in [-0.25, -0.2) is 4.98 Å². The fraction of sp³-hybridized carbons (Fsp3) is 0.0294. The predicted molar refractivity (Wildman–Crippen MR) is 156 cm³/mol. The standard InChI is InChI=1S/C34H27N3O/c1-38-31-24-29(37(27-18-10-4-11-19-27)28-20-12-5-13-21-28)22-23-30(31)34-35-32(25-14-6-2-7-15-25)33(36-34)26-16-8-3-9-17-26/h2-24H,1H3,(H,35,36). The summed E-state index contributed by atoms with van der Waals surface area (Å²) in [7, 11) is 1.71. The molecular weight excluding hydrogens is 466 g/mol. The van der Waals surface area contributed by atoms with Crippen LogP contribution in [0.4, 0.5) is 17.1 Å². The summed E-state index contributed by atoms with van der Waals surface area (Å²) in [4.78, 5) is 10.9. The van der Waals surface area contributed by atoms with Gasteiger partial charge in [0.25, 0.3) is 0 Å². The molecule has 0 amide bonds. The van der Waals surface area contributed by atoms with Gasteiger partial charge in [-0.1, -0.05) is 97.1 Å². The largest absolute Gasteiger partial charge is 0.496 e. The Morgan fingerprint density at radius 1 is 0.579 bits per heavy atom. The van der Waals surface area contributed by atoms with E-state index in [1.165, 1.54) is 0 Å². The Morgan fingerprint density at radius 3 is 1.66 bits per heavy atom. The van der Waals surface area contributed by atoms with E-state index in [2.05, 4.69) is 101 Å². The van der Waals surface area contributed by atoms with E-state index in [1.807, 2.05) is 48.5 Å². The van der Waals surface area contributed by atoms with Crippen molar-refractivity contribution in [1.82, 2.24) is 9.97 Å². The van der Waals surface area contributed by atoms with E-state index in [0.717, 1.165) is 56.7 Å². The third-order valence-electron chi connectivity index (χ3n) is 6.54. The van der Waals surface area contributed by atoms with Crippen LogP contribution in [0, 0.1) is 0 Å². The number of nitrogens with one attached hydrogen (secondary N) is 1. The molecule has 0 atom stereocenters. The fourth-order valence-electron chi connectivity index (χ4n) is 4.74. The number of nitrogens with zero attached hydrogens (tertiary/aromatic N) is 2. The summed E-state index contributed by atoms with van der Waals surface area (Å²) in [5, 5.41) is 0. The van der Waals surface area contributed by atoms with Crippen LogP contribution in [0.1, 0.15) is 0 Å². The highest BCUT2D eigenvalue weighted by Gasteiger charge is 2.20. The fourth-order valence-corrected chi connectivity index (χ4v) is 4.74. The quantitative estimate of drug-likeness (QED) is 0.241. The van der Waals surface area contributed by atoms with E-state index in [4.69, 9.17) is 9.72 Å². The molecule has 1 N–H and O–H groups in total. The van der Waals surface area contributed by atoms with Crippen LogP contribution in [0.2, 0.25) is 0 Å². The van der Waals surface area contributed by atoms with Gasteiger partial charge in [0.1, 0.15) is 11.6 Å². The minimum Gasteiger partial charge on any atom is -0.496 e. The lowest BCUT2D eigenvalue weighted by atomic mass is 10.1. The maximum Gasteiger partial charge on any atom is 0.142 e. The minimum absolute atomic E-state index is 0.743. The summed E-state index contributed by atoms with van der Waals surface area (Å²) < 4.78 is 5.94. The van der Waals surface area contributed by atoms with Gasteiger partial charge in [-0.05, 0) is 36.4 Å². The highest BCUT2D eigenvalue weighted by Crippen LogP contribution is 2.41. The van der Waals surface area contributed by atoms with E-state index in [1.54, 1.807) is 7.11 Å².